The van der Waals surface area contributed by atoms with Crippen molar-refractivity contribution in [2.75, 3.05) is 0 Å². The number of aromatic nitrogens is 2. The fraction of sp³-hybridized carbons (Fsp3) is 0.0476. The average molecular weight is 362 g/mol. The molecule has 4 nitrogen and oxygen atoms in total. The quantitative estimate of drug-likeness (QED) is 0.587. The van der Waals surface area contributed by atoms with Gasteiger partial charge in [0.05, 0.1) is 11.2 Å². The molecule has 0 saturated carbocycles. The number of hydrogen-bond donors (Lipinski definition) is 1. The Balaban J connectivity index is 1.64. The van der Waals surface area contributed by atoms with Crippen LogP contribution in [0.25, 0.3) is 16.8 Å². The Hall–Kier alpha value is -3.11. The van der Waals surface area contributed by atoms with Gasteiger partial charge in [0, 0.05) is 22.3 Å². The minimum Gasteiger partial charge on any atom is -0.366 e. The molecule has 4 aromatic rings. The Morgan fingerprint density at radius 3 is 2.54 bits per heavy atom. The van der Waals surface area contributed by atoms with E-state index in [4.69, 9.17) is 17.3 Å². The number of rotatable bonds is 4. The number of pyridine rings is 1. The summed E-state index contributed by atoms with van der Waals surface area (Å²) in [5, 5.41) is 5.32. The van der Waals surface area contributed by atoms with Crippen LogP contribution in [0.3, 0.4) is 0 Å². The van der Waals surface area contributed by atoms with Crippen LogP contribution in [0.15, 0.2) is 72.9 Å². The molecular formula is C21H16ClN3O. The Labute approximate surface area is 155 Å². The first-order valence-electron chi connectivity index (χ1n) is 8.21. The summed E-state index contributed by atoms with van der Waals surface area (Å²) in [5.41, 5.74) is 11.0. The number of carbonyl (C=O) groups is 1. The van der Waals surface area contributed by atoms with Crippen LogP contribution in [-0.4, -0.2) is 15.5 Å². The molecule has 1 amide bonds. The molecule has 128 valence electrons. The summed E-state index contributed by atoms with van der Waals surface area (Å²) in [6.07, 6.45) is 2.67. The van der Waals surface area contributed by atoms with Gasteiger partial charge in [0.25, 0.3) is 0 Å². The van der Waals surface area contributed by atoms with Crippen molar-refractivity contribution in [2.45, 2.75) is 6.42 Å². The summed E-state index contributed by atoms with van der Waals surface area (Å²) >= 11 is 5.95. The second kappa shape index (κ2) is 6.65. The molecule has 0 fully saturated rings. The topological polar surface area (TPSA) is 60.4 Å². The zero-order chi connectivity index (χ0) is 18.1. The molecule has 0 aliphatic heterocycles. The SMILES string of the molecule is NC(=O)c1cccc(Cc2ccn3nc(-c4ccc(Cl)cc4)cc3c2)c1. The highest BCUT2D eigenvalue weighted by Crippen LogP contribution is 2.23. The predicted octanol–water partition coefficient (Wildman–Crippen LogP) is 4.34. The van der Waals surface area contributed by atoms with Gasteiger partial charge in [-0.15, -0.1) is 0 Å². The van der Waals surface area contributed by atoms with Crippen LogP contribution in [0, 0.1) is 0 Å². The van der Waals surface area contributed by atoms with Crippen molar-refractivity contribution in [1.82, 2.24) is 9.61 Å². The number of hydrogen-bond acceptors (Lipinski definition) is 2. The summed E-state index contributed by atoms with van der Waals surface area (Å²) < 4.78 is 1.85. The van der Waals surface area contributed by atoms with Crippen LogP contribution in [0.1, 0.15) is 21.5 Å². The highest BCUT2D eigenvalue weighted by Gasteiger charge is 2.07. The zero-order valence-electron chi connectivity index (χ0n) is 13.9. The van der Waals surface area contributed by atoms with Gasteiger partial charge in [-0.25, -0.2) is 4.52 Å². The molecule has 0 spiro atoms. The third kappa shape index (κ3) is 3.32. The lowest BCUT2D eigenvalue weighted by Crippen LogP contribution is -2.11. The van der Waals surface area contributed by atoms with E-state index >= 15 is 0 Å². The summed E-state index contributed by atoms with van der Waals surface area (Å²) in [6.45, 7) is 0. The number of fused-ring (bicyclic) bond motifs is 1. The molecule has 2 heterocycles. The fourth-order valence-electron chi connectivity index (χ4n) is 2.98. The molecule has 4 rings (SSSR count). The number of amides is 1. The van der Waals surface area contributed by atoms with Crippen molar-refractivity contribution in [3.8, 4) is 11.3 Å². The molecular weight excluding hydrogens is 346 g/mol. The largest absolute Gasteiger partial charge is 0.366 e. The van der Waals surface area contributed by atoms with Gasteiger partial charge in [0.2, 0.25) is 5.91 Å². The molecule has 0 aliphatic rings. The first-order chi connectivity index (χ1) is 12.6. The minimum atomic E-state index is -0.411. The van der Waals surface area contributed by atoms with E-state index in [0.29, 0.717) is 10.6 Å². The molecule has 26 heavy (non-hydrogen) atoms. The lowest BCUT2D eigenvalue weighted by molar-refractivity contribution is 0.1000. The second-order valence-corrected chi connectivity index (χ2v) is 6.62. The van der Waals surface area contributed by atoms with Crippen LogP contribution < -0.4 is 5.73 Å². The summed E-state index contributed by atoms with van der Waals surface area (Å²) in [5.74, 6) is -0.411. The van der Waals surface area contributed by atoms with Crippen molar-refractivity contribution >= 4 is 23.0 Å². The Morgan fingerprint density at radius 1 is 1.00 bits per heavy atom. The van der Waals surface area contributed by atoms with E-state index in [9.17, 15) is 4.79 Å². The summed E-state index contributed by atoms with van der Waals surface area (Å²) in [7, 11) is 0. The molecule has 0 atom stereocenters. The molecule has 0 bridgehead atoms. The predicted molar refractivity (Wildman–Crippen MR) is 103 cm³/mol. The number of nitrogens with zero attached hydrogens (tertiary/aromatic N) is 2. The fourth-order valence-corrected chi connectivity index (χ4v) is 3.11. The molecule has 2 aromatic carbocycles. The zero-order valence-corrected chi connectivity index (χ0v) is 14.6. The van der Waals surface area contributed by atoms with Gasteiger partial charge in [-0.1, -0.05) is 35.9 Å². The van der Waals surface area contributed by atoms with Crippen LogP contribution in [-0.2, 0) is 6.42 Å². The highest BCUT2D eigenvalue weighted by molar-refractivity contribution is 6.30. The van der Waals surface area contributed by atoms with Crippen molar-refractivity contribution < 1.29 is 4.79 Å². The molecule has 0 aliphatic carbocycles. The van der Waals surface area contributed by atoms with Crippen molar-refractivity contribution in [3.63, 3.8) is 0 Å². The lowest BCUT2D eigenvalue weighted by Gasteiger charge is -2.04. The lowest BCUT2D eigenvalue weighted by atomic mass is 10.0. The van der Waals surface area contributed by atoms with Gasteiger partial charge in [0.15, 0.2) is 0 Å². The van der Waals surface area contributed by atoms with Crippen LogP contribution in [0.4, 0.5) is 0 Å². The maximum Gasteiger partial charge on any atom is 0.248 e. The summed E-state index contributed by atoms with van der Waals surface area (Å²) in [6, 6.07) is 21.2. The smallest absolute Gasteiger partial charge is 0.248 e. The van der Waals surface area contributed by atoms with Crippen LogP contribution in [0.2, 0.25) is 5.02 Å². The first kappa shape index (κ1) is 16.4. The van der Waals surface area contributed by atoms with Crippen LogP contribution >= 0.6 is 11.6 Å². The second-order valence-electron chi connectivity index (χ2n) is 6.18. The van der Waals surface area contributed by atoms with E-state index in [-0.39, 0.29) is 0 Å². The van der Waals surface area contributed by atoms with E-state index in [1.165, 1.54) is 0 Å². The Kier molecular flexibility index (Phi) is 4.19. The van der Waals surface area contributed by atoms with E-state index in [1.54, 1.807) is 6.07 Å². The van der Waals surface area contributed by atoms with Crippen LogP contribution in [0.5, 0.6) is 0 Å². The van der Waals surface area contributed by atoms with Gasteiger partial charge in [0.1, 0.15) is 0 Å². The van der Waals surface area contributed by atoms with E-state index in [0.717, 1.165) is 34.3 Å². The average Bonchev–Trinajstić information content (AvgIpc) is 3.06. The van der Waals surface area contributed by atoms with Gasteiger partial charge >= 0.3 is 0 Å². The third-order valence-electron chi connectivity index (χ3n) is 4.29. The van der Waals surface area contributed by atoms with Gasteiger partial charge in [-0.3, -0.25) is 4.79 Å². The number of benzene rings is 2. The highest BCUT2D eigenvalue weighted by atomic mass is 35.5. The maximum absolute atomic E-state index is 11.3. The Morgan fingerprint density at radius 2 is 1.77 bits per heavy atom. The number of nitrogens with two attached hydrogens (primary N) is 1. The molecule has 0 saturated heterocycles. The van der Waals surface area contributed by atoms with Gasteiger partial charge < -0.3 is 5.73 Å². The third-order valence-corrected chi connectivity index (χ3v) is 4.54. The van der Waals surface area contributed by atoms with E-state index < -0.39 is 5.91 Å². The number of halogens is 1. The number of primary amides is 1. The summed E-state index contributed by atoms with van der Waals surface area (Å²) in [4.78, 5) is 11.3. The molecule has 0 radical (unpaired) electrons. The molecule has 2 aromatic heterocycles. The van der Waals surface area contributed by atoms with Gasteiger partial charge in [-0.2, -0.15) is 5.10 Å². The van der Waals surface area contributed by atoms with E-state index in [2.05, 4.69) is 11.2 Å². The van der Waals surface area contributed by atoms with E-state index in [1.807, 2.05) is 65.3 Å². The normalized spacial score (nSPS) is 11.0. The molecule has 0 unspecified atom stereocenters. The minimum absolute atomic E-state index is 0.411. The Bertz CT molecular complexity index is 1100. The monoisotopic (exact) mass is 361 g/mol. The molecule has 2 N–H and O–H groups in total. The van der Waals surface area contributed by atoms with Crippen molar-refractivity contribution in [1.29, 1.82) is 0 Å². The van der Waals surface area contributed by atoms with Crippen molar-refractivity contribution in [3.05, 3.63) is 94.6 Å². The maximum atomic E-state index is 11.3. The number of carbonyl (C=O) groups excluding carboxylic acids is 1. The van der Waals surface area contributed by atoms with Crippen molar-refractivity contribution in [2.24, 2.45) is 5.73 Å². The molecule has 5 heteroatoms. The van der Waals surface area contributed by atoms with Gasteiger partial charge in [-0.05, 0) is 60.0 Å². The standard InChI is InChI=1S/C21H16ClN3O/c22-18-6-4-16(5-7-18)20-13-19-12-15(8-9-25(19)24-20)10-14-2-1-3-17(11-14)21(23)26/h1-9,11-13H,10H2,(H2,23,26). The first-order valence-corrected chi connectivity index (χ1v) is 8.59.